The number of urea groups is 1. The Morgan fingerprint density at radius 3 is 2.50 bits per heavy atom. The number of ether oxygens (including phenoxy) is 1. The lowest BCUT2D eigenvalue weighted by molar-refractivity contribution is 0.207. The number of likely N-dealkylation sites (N-methyl/N-ethyl adjacent to an activating group) is 1. The van der Waals surface area contributed by atoms with Crippen LogP contribution in [0.5, 0.6) is 5.75 Å². The molecular formula is C19H25N3O2. The SMILES string of the molecule is COc1ccccc1CC(C)N(C)C(=O)Nc1ccc(CN)cc1. The summed E-state index contributed by atoms with van der Waals surface area (Å²) < 4.78 is 5.37. The Bertz CT molecular complexity index is 671. The molecule has 0 bridgehead atoms. The number of amides is 2. The van der Waals surface area contributed by atoms with Crippen molar-refractivity contribution in [3.8, 4) is 5.75 Å². The normalized spacial score (nSPS) is 11.7. The fourth-order valence-corrected chi connectivity index (χ4v) is 2.46. The molecular weight excluding hydrogens is 302 g/mol. The number of nitrogens with one attached hydrogen (secondary N) is 1. The van der Waals surface area contributed by atoms with Crippen LogP contribution in [0, 0.1) is 0 Å². The summed E-state index contributed by atoms with van der Waals surface area (Å²) in [4.78, 5) is 14.1. The molecule has 3 N–H and O–H groups in total. The monoisotopic (exact) mass is 327 g/mol. The van der Waals surface area contributed by atoms with Crippen molar-refractivity contribution in [1.29, 1.82) is 0 Å². The zero-order valence-corrected chi connectivity index (χ0v) is 14.5. The summed E-state index contributed by atoms with van der Waals surface area (Å²) in [6.07, 6.45) is 0.722. The molecule has 1 atom stereocenters. The van der Waals surface area contributed by atoms with Gasteiger partial charge in [-0.25, -0.2) is 4.79 Å². The third-order valence-corrected chi connectivity index (χ3v) is 4.13. The molecule has 2 amide bonds. The van der Waals surface area contributed by atoms with E-state index in [0.29, 0.717) is 6.54 Å². The maximum Gasteiger partial charge on any atom is 0.321 e. The van der Waals surface area contributed by atoms with Crippen LogP contribution in [0.1, 0.15) is 18.1 Å². The maximum absolute atomic E-state index is 12.4. The number of anilines is 1. The van der Waals surface area contributed by atoms with Crippen LogP contribution in [0.4, 0.5) is 10.5 Å². The van der Waals surface area contributed by atoms with Crippen molar-refractivity contribution >= 4 is 11.7 Å². The van der Waals surface area contributed by atoms with Gasteiger partial charge in [0.15, 0.2) is 0 Å². The third kappa shape index (κ3) is 4.49. The van der Waals surface area contributed by atoms with Crippen LogP contribution in [0.15, 0.2) is 48.5 Å². The first-order valence-electron chi connectivity index (χ1n) is 8.00. The minimum absolute atomic E-state index is 0.0321. The highest BCUT2D eigenvalue weighted by Crippen LogP contribution is 2.20. The highest BCUT2D eigenvalue weighted by Gasteiger charge is 2.17. The van der Waals surface area contributed by atoms with E-state index in [-0.39, 0.29) is 12.1 Å². The van der Waals surface area contributed by atoms with Crippen LogP contribution in [-0.2, 0) is 13.0 Å². The number of benzene rings is 2. The lowest BCUT2D eigenvalue weighted by Crippen LogP contribution is -2.39. The standard InChI is InChI=1S/C19H25N3O2/c1-14(12-16-6-4-5-7-18(16)24-3)22(2)19(23)21-17-10-8-15(13-20)9-11-17/h4-11,14H,12-13,20H2,1-3H3,(H,21,23). The van der Waals surface area contributed by atoms with E-state index < -0.39 is 0 Å². The van der Waals surface area contributed by atoms with Crippen molar-refractivity contribution in [2.75, 3.05) is 19.5 Å². The van der Waals surface area contributed by atoms with Gasteiger partial charge in [0, 0.05) is 25.3 Å². The molecule has 2 rings (SSSR count). The summed E-state index contributed by atoms with van der Waals surface area (Å²) in [6, 6.07) is 15.3. The van der Waals surface area contributed by atoms with E-state index in [1.807, 2.05) is 55.5 Å². The lowest BCUT2D eigenvalue weighted by atomic mass is 10.1. The minimum Gasteiger partial charge on any atom is -0.496 e. The molecule has 0 aliphatic carbocycles. The Balaban J connectivity index is 1.98. The molecule has 0 spiro atoms. The van der Waals surface area contributed by atoms with E-state index in [1.54, 1.807) is 19.1 Å². The van der Waals surface area contributed by atoms with Gasteiger partial charge in [-0.1, -0.05) is 30.3 Å². The summed E-state index contributed by atoms with van der Waals surface area (Å²) in [5.41, 5.74) is 8.45. The van der Waals surface area contributed by atoms with E-state index in [1.165, 1.54) is 0 Å². The second-order valence-corrected chi connectivity index (χ2v) is 5.81. The van der Waals surface area contributed by atoms with E-state index in [2.05, 4.69) is 5.32 Å². The first kappa shape index (κ1) is 17.8. The van der Waals surface area contributed by atoms with Gasteiger partial charge in [-0.3, -0.25) is 0 Å². The highest BCUT2D eigenvalue weighted by atomic mass is 16.5. The van der Waals surface area contributed by atoms with Gasteiger partial charge < -0.3 is 20.7 Å². The third-order valence-electron chi connectivity index (χ3n) is 4.13. The molecule has 5 nitrogen and oxygen atoms in total. The maximum atomic E-state index is 12.4. The number of carbonyl (C=O) groups is 1. The van der Waals surface area contributed by atoms with Crippen LogP contribution < -0.4 is 15.8 Å². The highest BCUT2D eigenvalue weighted by molar-refractivity contribution is 5.89. The van der Waals surface area contributed by atoms with Crippen molar-refractivity contribution in [3.63, 3.8) is 0 Å². The van der Waals surface area contributed by atoms with Crippen LogP contribution in [0.3, 0.4) is 0 Å². The second kappa shape index (κ2) is 8.36. The van der Waals surface area contributed by atoms with Crippen LogP contribution >= 0.6 is 0 Å². The number of para-hydroxylation sites is 1. The Hall–Kier alpha value is -2.53. The number of nitrogens with zero attached hydrogens (tertiary/aromatic N) is 1. The number of hydrogen-bond donors (Lipinski definition) is 2. The fourth-order valence-electron chi connectivity index (χ4n) is 2.46. The average Bonchev–Trinajstić information content (AvgIpc) is 2.62. The molecule has 0 radical (unpaired) electrons. The summed E-state index contributed by atoms with van der Waals surface area (Å²) >= 11 is 0. The van der Waals surface area contributed by atoms with Crippen LogP contribution in [0.25, 0.3) is 0 Å². The smallest absolute Gasteiger partial charge is 0.321 e. The molecule has 0 fully saturated rings. The number of rotatable bonds is 6. The zero-order valence-electron chi connectivity index (χ0n) is 14.5. The topological polar surface area (TPSA) is 67.6 Å². The number of carbonyl (C=O) groups excluding carboxylic acids is 1. The molecule has 2 aromatic carbocycles. The van der Waals surface area contributed by atoms with Crippen molar-refractivity contribution in [2.24, 2.45) is 5.73 Å². The quantitative estimate of drug-likeness (QED) is 0.856. The van der Waals surface area contributed by atoms with Crippen LogP contribution in [0.2, 0.25) is 0 Å². The predicted octanol–water partition coefficient (Wildman–Crippen LogP) is 3.25. The minimum atomic E-state index is -0.141. The van der Waals surface area contributed by atoms with Crippen LogP contribution in [-0.4, -0.2) is 31.1 Å². The van der Waals surface area contributed by atoms with Crippen molar-refractivity contribution < 1.29 is 9.53 Å². The molecule has 0 saturated heterocycles. The van der Waals surface area contributed by atoms with Crippen molar-refractivity contribution in [1.82, 2.24) is 4.90 Å². The molecule has 0 heterocycles. The fraction of sp³-hybridized carbons (Fsp3) is 0.316. The van der Waals surface area contributed by atoms with Gasteiger partial charge >= 0.3 is 6.03 Å². The van der Waals surface area contributed by atoms with Gasteiger partial charge in [0.25, 0.3) is 0 Å². The Kier molecular flexibility index (Phi) is 6.21. The molecule has 128 valence electrons. The molecule has 0 aromatic heterocycles. The van der Waals surface area contributed by atoms with Gasteiger partial charge in [-0.2, -0.15) is 0 Å². The molecule has 2 aromatic rings. The van der Waals surface area contributed by atoms with E-state index in [0.717, 1.165) is 29.0 Å². The molecule has 1 unspecified atom stereocenters. The average molecular weight is 327 g/mol. The van der Waals surface area contributed by atoms with Gasteiger partial charge in [-0.05, 0) is 42.7 Å². The van der Waals surface area contributed by atoms with Crippen molar-refractivity contribution in [2.45, 2.75) is 25.9 Å². The summed E-state index contributed by atoms with van der Waals surface area (Å²) in [7, 11) is 3.45. The van der Waals surface area contributed by atoms with Gasteiger partial charge in [0.1, 0.15) is 5.75 Å². The van der Waals surface area contributed by atoms with Gasteiger partial charge in [0.05, 0.1) is 7.11 Å². The lowest BCUT2D eigenvalue weighted by Gasteiger charge is -2.26. The number of nitrogens with two attached hydrogens (primary N) is 1. The summed E-state index contributed by atoms with van der Waals surface area (Å²) in [6.45, 7) is 2.51. The molecule has 0 saturated carbocycles. The predicted molar refractivity (Wildman–Crippen MR) is 97.3 cm³/mol. The Morgan fingerprint density at radius 1 is 1.21 bits per heavy atom. The molecule has 5 heteroatoms. The largest absolute Gasteiger partial charge is 0.496 e. The molecule has 0 aliphatic rings. The number of methoxy groups -OCH3 is 1. The van der Waals surface area contributed by atoms with Gasteiger partial charge in [-0.15, -0.1) is 0 Å². The molecule has 24 heavy (non-hydrogen) atoms. The first-order valence-corrected chi connectivity index (χ1v) is 8.00. The van der Waals surface area contributed by atoms with E-state index in [9.17, 15) is 4.79 Å². The Morgan fingerprint density at radius 2 is 1.88 bits per heavy atom. The van der Waals surface area contributed by atoms with Gasteiger partial charge in [0.2, 0.25) is 0 Å². The van der Waals surface area contributed by atoms with E-state index >= 15 is 0 Å². The summed E-state index contributed by atoms with van der Waals surface area (Å²) in [5, 5.41) is 2.90. The second-order valence-electron chi connectivity index (χ2n) is 5.81. The Labute approximate surface area is 143 Å². The number of hydrogen-bond acceptors (Lipinski definition) is 3. The molecule has 0 aliphatic heterocycles. The van der Waals surface area contributed by atoms with E-state index in [4.69, 9.17) is 10.5 Å². The summed E-state index contributed by atoms with van der Waals surface area (Å²) in [5.74, 6) is 0.843. The first-order chi connectivity index (χ1) is 11.5. The van der Waals surface area contributed by atoms with Crippen molar-refractivity contribution in [3.05, 3.63) is 59.7 Å². The zero-order chi connectivity index (χ0) is 17.5.